The molecule has 33 heavy (non-hydrogen) atoms. The molecule has 0 aliphatic rings. The quantitative estimate of drug-likeness (QED) is 0.446. The van der Waals surface area contributed by atoms with Crippen LogP contribution in [0.5, 0.6) is 5.75 Å². The van der Waals surface area contributed by atoms with Crippen molar-refractivity contribution in [2.75, 3.05) is 31.0 Å². The van der Waals surface area contributed by atoms with E-state index < -0.39 is 18.1 Å². The van der Waals surface area contributed by atoms with Crippen LogP contribution in [0.1, 0.15) is 25.5 Å². The molecule has 0 saturated heterocycles. The maximum absolute atomic E-state index is 12.6. The van der Waals surface area contributed by atoms with Crippen LogP contribution in [-0.4, -0.2) is 57.3 Å². The molecule has 0 aromatic carbocycles. The molecule has 0 aliphatic heterocycles. The number of methoxy groups -OCH3 is 1. The molecule has 1 atom stereocenters. The Kier molecular flexibility index (Phi) is 8.11. The van der Waals surface area contributed by atoms with Crippen molar-refractivity contribution in [3.05, 3.63) is 47.6 Å². The lowest BCUT2D eigenvalue weighted by atomic mass is 10.1. The third kappa shape index (κ3) is 6.14. The van der Waals surface area contributed by atoms with Crippen molar-refractivity contribution < 1.29 is 23.8 Å². The summed E-state index contributed by atoms with van der Waals surface area (Å²) in [6.45, 7) is 3.39. The fourth-order valence-electron chi connectivity index (χ4n) is 2.80. The average Bonchev–Trinajstić information content (AvgIpc) is 3.32. The molecule has 1 unspecified atom stereocenters. The van der Waals surface area contributed by atoms with Gasteiger partial charge in [0.15, 0.2) is 12.4 Å². The number of nitrogens with one attached hydrogen (secondary N) is 2. The van der Waals surface area contributed by atoms with Gasteiger partial charge in [0.1, 0.15) is 5.75 Å². The van der Waals surface area contributed by atoms with Crippen molar-refractivity contribution in [1.29, 1.82) is 0 Å². The summed E-state index contributed by atoms with van der Waals surface area (Å²) in [5.74, 6) is 0.0678. The average molecular weight is 476 g/mol. The molecule has 0 fully saturated rings. The van der Waals surface area contributed by atoms with E-state index in [0.717, 1.165) is 0 Å². The first-order valence-electron chi connectivity index (χ1n) is 9.82. The SMILES string of the molecule is CCOC(=O)COc1cncc(NC(=O)Nc2cnc(-n3nccn3)c(Cl)c2)c1C(C)OC. The lowest BCUT2D eigenvalue weighted by Gasteiger charge is -2.19. The van der Waals surface area contributed by atoms with Gasteiger partial charge in [-0.3, -0.25) is 4.98 Å². The maximum Gasteiger partial charge on any atom is 0.344 e. The Morgan fingerprint density at radius 1 is 1.18 bits per heavy atom. The Balaban J connectivity index is 1.75. The summed E-state index contributed by atoms with van der Waals surface area (Å²) in [6.07, 6.45) is 6.81. The first-order chi connectivity index (χ1) is 15.9. The molecule has 3 heterocycles. The molecule has 0 radical (unpaired) electrons. The van der Waals surface area contributed by atoms with E-state index in [1.54, 1.807) is 13.8 Å². The van der Waals surface area contributed by atoms with Crippen LogP contribution in [0.4, 0.5) is 16.2 Å². The van der Waals surface area contributed by atoms with Crippen LogP contribution < -0.4 is 15.4 Å². The van der Waals surface area contributed by atoms with Crippen LogP contribution in [0.15, 0.2) is 37.1 Å². The summed E-state index contributed by atoms with van der Waals surface area (Å²) in [7, 11) is 1.51. The lowest BCUT2D eigenvalue weighted by Crippen LogP contribution is -2.22. The van der Waals surface area contributed by atoms with E-state index in [1.165, 1.54) is 49.0 Å². The van der Waals surface area contributed by atoms with Gasteiger partial charge in [-0.2, -0.15) is 10.2 Å². The number of carbonyl (C=O) groups is 2. The molecule has 3 rings (SSSR count). The second-order valence-corrected chi connectivity index (χ2v) is 6.90. The topological polar surface area (TPSA) is 142 Å². The molecular weight excluding hydrogens is 454 g/mol. The van der Waals surface area contributed by atoms with Gasteiger partial charge in [0, 0.05) is 12.7 Å². The number of urea groups is 1. The lowest BCUT2D eigenvalue weighted by molar-refractivity contribution is -0.145. The first kappa shape index (κ1) is 23.9. The highest BCUT2D eigenvalue weighted by Crippen LogP contribution is 2.33. The van der Waals surface area contributed by atoms with Gasteiger partial charge in [0.05, 0.1) is 60.1 Å². The van der Waals surface area contributed by atoms with E-state index in [4.69, 9.17) is 25.8 Å². The van der Waals surface area contributed by atoms with E-state index in [-0.39, 0.29) is 24.0 Å². The number of nitrogens with zero attached hydrogens (tertiary/aromatic N) is 5. The summed E-state index contributed by atoms with van der Waals surface area (Å²) >= 11 is 6.24. The molecule has 0 saturated carbocycles. The van der Waals surface area contributed by atoms with Gasteiger partial charge in [-0.15, -0.1) is 4.80 Å². The summed E-state index contributed by atoms with van der Waals surface area (Å²) in [4.78, 5) is 33.8. The molecule has 174 valence electrons. The number of hydrogen-bond donors (Lipinski definition) is 2. The zero-order valence-corrected chi connectivity index (χ0v) is 18.9. The van der Waals surface area contributed by atoms with Crippen molar-refractivity contribution in [1.82, 2.24) is 25.0 Å². The van der Waals surface area contributed by atoms with Crippen LogP contribution in [0.2, 0.25) is 5.02 Å². The molecule has 0 aliphatic carbocycles. The molecule has 0 spiro atoms. The minimum absolute atomic E-state index is 0.238. The van der Waals surface area contributed by atoms with Crippen molar-refractivity contribution in [3.8, 4) is 11.6 Å². The number of esters is 1. The highest BCUT2D eigenvalue weighted by Gasteiger charge is 2.20. The van der Waals surface area contributed by atoms with Crippen LogP contribution in [0.25, 0.3) is 5.82 Å². The highest BCUT2D eigenvalue weighted by atomic mass is 35.5. The Bertz CT molecular complexity index is 1110. The third-order valence-corrected chi connectivity index (χ3v) is 4.58. The van der Waals surface area contributed by atoms with Gasteiger partial charge in [-0.25, -0.2) is 14.6 Å². The predicted molar refractivity (Wildman–Crippen MR) is 119 cm³/mol. The summed E-state index contributed by atoms with van der Waals surface area (Å²) in [6, 6.07) is 0.939. The largest absolute Gasteiger partial charge is 0.480 e. The highest BCUT2D eigenvalue weighted by molar-refractivity contribution is 6.32. The maximum atomic E-state index is 12.6. The predicted octanol–water partition coefficient (Wildman–Crippen LogP) is 3.00. The number of hydrogen-bond acceptors (Lipinski definition) is 9. The van der Waals surface area contributed by atoms with Gasteiger partial charge in [0.2, 0.25) is 0 Å². The number of halogens is 1. The minimum Gasteiger partial charge on any atom is -0.480 e. The summed E-state index contributed by atoms with van der Waals surface area (Å²) < 4.78 is 15.8. The Labute approximate surface area is 194 Å². The number of ether oxygens (including phenoxy) is 3. The zero-order valence-electron chi connectivity index (χ0n) is 18.1. The van der Waals surface area contributed by atoms with E-state index in [0.29, 0.717) is 22.8 Å². The molecule has 2 amide bonds. The Hall–Kier alpha value is -3.77. The number of amides is 2. The van der Waals surface area contributed by atoms with Gasteiger partial charge < -0.3 is 24.8 Å². The van der Waals surface area contributed by atoms with Gasteiger partial charge in [0.25, 0.3) is 0 Å². The van der Waals surface area contributed by atoms with E-state index in [1.807, 2.05) is 0 Å². The van der Waals surface area contributed by atoms with E-state index in [9.17, 15) is 9.59 Å². The molecular formula is C20H22ClN7O5. The monoisotopic (exact) mass is 475 g/mol. The van der Waals surface area contributed by atoms with Gasteiger partial charge >= 0.3 is 12.0 Å². The molecule has 3 aromatic heterocycles. The van der Waals surface area contributed by atoms with Crippen LogP contribution in [0, 0.1) is 0 Å². The Morgan fingerprint density at radius 2 is 1.94 bits per heavy atom. The number of carbonyl (C=O) groups excluding carboxylic acids is 2. The van der Waals surface area contributed by atoms with Crippen LogP contribution in [0.3, 0.4) is 0 Å². The minimum atomic E-state index is -0.577. The normalized spacial score (nSPS) is 11.5. The van der Waals surface area contributed by atoms with Crippen molar-refractivity contribution in [2.45, 2.75) is 20.0 Å². The third-order valence-electron chi connectivity index (χ3n) is 4.30. The first-order valence-corrected chi connectivity index (χ1v) is 10.2. The van der Waals surface area contributed by atoms with Gasteiger partial charge in [-0.1, -0.05) is 11.6 Å². The fourth-order valence-corrected chi connectivity index (χ4v) is 3.04. The number of aromatic nitrogens is 5. The molecule has 2 N–H and O–H groups in total. The number of pyridine rings is 2. The fraction of sp³-hybridized carbons (Fsp3) is 0.300. The number of rotatable bonds is 9. The molecule has 0 bridgehead atoms. The molecule has 12 nitrogen and oxygen atoms in total. The second-order valence-electron chi connectivity index (χ2n) is 6.50. The van der Waals surface area contributed by atoms with E-state index in [2.05, 4.69) is 30.8 Å². The Morgan fingerprint density at radius 3 is 2.61 bits per heavy atom. The standard InChI is InChI=1S/C20H22ClN7O5/c1-4-32-17(29)11-33-16-10-22-9-15(18(16)12(2)31-3)27-20(30)26-13-7-14(21)19(23-8-13)28-24-5-6-25-28/h5-10,12H,4,11H2,1-3H3,(H2,26,27,30). The van der Waals surface area contributed by atoms with Crippen molar-refractivity contribution in [2.24, 2.45) is 0 Å². The summed E-state index contributed by atoms with van der Waals surface area (Å²) in [5.41, 5.74) is 1.18. The van der Waals surface area contributed by atoms with Gasteiger partial charge in [-0.05, 0) is 19.9 Å². The smallest absolute Gasteiger partial charge is 0.344 e. The van der Waals surface area contributed by atoms with Crippen molar-refractivity contribution >= 4 is 35.0 Å². The van der Waals surface area contributed by atoms with Crippen LogP contribution >= 0.6 is 11.6 Å². The summed E-state index contributed by atoms with van der Waals surface area (Å²) in [5, 5.41) is 13.5. The van der Waals surface area contributed by atoms with Crippen LogP contribution in [-0.2, 0) is 14.3 Å². The van der Waals surface area contributed by atoms with E-state index >= 15 is 0 Å². The second kappa shape index (κ2) is 11.2. The molecule has 13 heteroatoms. The molecule has 3 aromatic rings. The van der Waals surface area contributed by atoms with Crippen molar-refractivity contribution in [3.63, 3.8) is 0 Å². The zero-order chi connectivity index (χ0) is 23.8. The number of anilines is 2.